The van der Waals surface area contributed by atoms with E-state index in [1.807, 2.05) is 61.3 Å². The molecule has 1 heterocycles. The van der Waals surface area contributed by atoms with E-state index in [4.69, 9.17) is 21.1 Å². The number of nitrogens with zero attached hydrogens (tertiary/aromatic N) is 1. The van der Waals surface area contributed by atoms with E-state index < -0.39 is 0 Å². The molecular weight excluding hydrogens is 340 g/mol. The molecule has 0 radical (unpaired) electrons. The first-order chi connectivity index (χ1) is 12.0. The molecule has 132 valence electrons. The molecule has 0 spiro atoms. The molecule has 3 rings (SSSR count). The highest BCUT2D eigenvalue weighted by molar-refractivity contribution is 6.31. The Morgan fingerprint density at radius 2 is 2.00 bits per heavy atom. The average Bonchev–Trinajstić information content (AvgIpc) is 3.08. The summed E-state index contributed by atoms with van der Waals surface area (Å²) in [6.07, 6.45) is 0. The maximum absolute atomic E-state index is 12.4. The smallest absolute Gasteiger partial charge is 0.237 e. The normalized spacial score (nSPS) is 13.8. The van der Waals surface area contributed by atoms with Crippen LogP contribution in [0.5, 0.6) is 11.5 Å². The van der Waals surface area contributed by atoms with Crippen LogP contribution in [-0.2, 0) is 17.9 Å². The summed E-state index contributed by atoms with van der Waals surface area (Å²) >= 11 is 6.19. The molecule has 5 nitrogen and oxygen atoms in total. The van der Waals surface area contributed by atoms with Crippen molar-refractivity contribution in [1.29, 1.82) is 0 Å². The Hall–Kier alpha value is -2.24. The first kappa shape index (κ1) is 17.6. The molecule has 0 unspecified atom stereocenters. The molecule has 0 saturated carbocycles. The monoisotopic (exact) mass is 360 g/mol. The lowest BCUT2D eigenvalue weighted by molar-refractivity contribution is -0.125. The quantitative estimate of drug-likeness (QED) is 0.859. The number of amides is 1. The van der Waals surface area contributed by atoms with Gasteiger partial charge in [0.1, 0.15) is 0 Å². The number of carbonyl (C=O) groups excluding carboxylic acids is 1. The summed E-state index contributed by atoms with van der Waals surface area (Å²) in [5, 5.41) is 3.67. The van der Waals surface area contributed by atoms with Gasteiger partial charge in [-0.05, 0) is 43.3 Å². The van der Waals surface area contributed by atoms with Crippen LogP contribution in [0, 0.1) is 0 Å². The maximum Gasteiger partial charge on any atom is 0.237 e. The number of halogens is 1. The third-order valence-electron chi connectivity index (χ3n) is 4.32. The molecule has 0 saturated heterocycles. The van der Waals surface area contributed by atoms with Crippen LogP contribution in [0.3, 0.4) is 0 Å². The molecule has 0 aromatic heterocycles. The lowest BCUT2D eigenvalue weighted by Crippen LogP contribution is -2.42. The van der Waals surface area contributed by atoms with E-state index in [0.717, 1.165) is 22.6 Å². The van der Waals surface area contributed by atoms with Crippen molar-refractivity contribution in [3.8, 4) is 11.5 Å². The topological polar surface area (TPSA) is 50.8 Å². The molecule has 1 atom stereocenters. The average molecular weight is 361 g/mol. The lowest BCUT2D eigenvalue weighted by atomic mass is 10.1. The van der Waals surface area contributed by atoms with Gasteiger partial charge in [-0.25, -0.2) is 0 Å². The van der Waals surface area contributed by atoms with Gasteiger partial charge >= 0.3 is 0 Å². The molecule has 6 heteroatoms. The van der Waals surface area contributed by atoms with Crippen molar-refractivity contribution < 1.29 is 14.3 Å². The predicted octanol–water partition coefficient (Wildman–Crippen LogP) is 3.21. The largest absolute Gasteiger partial charge is 0.454 e. The highest BCUT2D eigenvalue weighted by atomic mass is 35.5. The minimum Gasteiger partial charge on any atom is -0.454 e. The van der Waals surface area contributed by atoms with Gasteiger partial charge in [0.25, 0.3) is 0 Å². The van der Waals surface area contributed by atoms with Gasteiger partial charge in [0.2, 0.25) is 12.7 Å². The summed E-state index contributed by atoms with van der Waals surface area (Å²) in [7, 11) is 1.91. The Morgan fingerprint density at radius 3 is 2.80 bits per heavy atom. The first-order valence-electron chi connectivity index (χ1n) is 8.14. The fraction of sp³-hybridized carbons (Fsp3) is 0.316. The summed E-state index contributed by atoms with van der Waals surface area (Å²) < 4.78 is 10.6. The highest BCUT2D eigenvalue weighted by Gasteiger charge is 2.19. The van der Waals surface area contributed by atoms with Crippen LogP contribution in [-0.4, -0.2) is 30.7 Å². The minimum atomic E-state index is -0.273. The standard InChI is InChI=1S/C19H21ClN2O3/c1-13(22(2)11-15-5-3-4-6-16(15)20)19(23)21-10-14-7-8-17-18(9-14)25-12-24-17/h3-9,13H,10-12H2,1-2H3,(H,21,23)/t13-/m0/s1. The van der Waals surface area contributed by atoms with E-state index in [-0.39, 0.29) is 18.7 Å². The van der Waals surface area contributed by atoms with Crippen molar-refractivity contribution >= 4 is 17.5 Å². The zero-order chi connectivity index (χ0) is 17.8. The molecule has 0 aliphatic carbocycles. The van der Waals surface area contributed by atoms with Crippen molar-refractivity contribution in [2.24, 2.45) is 0 Å². The van der Waals surface area contributed by atoms with E-state index in [2.05, 4.69) is 5.32 Å². The highest BCUT2D eigenvalue weighted by Crippen LogP contribution is 2.32. The number of carbonyl (C=O) groups is 1. The van der Waals surface area contributed by atoms with E-state index in [9.17, 15) is 4.79 Å². The van der Waals surface area contributed by atoms with Gasteiger partial charge in [-0.15, -0.1) is 0 Å². The molecule has 0 fully saturated rings. The van der Waals surface area contributed by atoms with Gasteiger partial charge in [-0.3, -0.25) is 9.69 Å². The number of hydrogen-bond donors (Lipinski definition) is 1. The van der Waals surface area contributed by atoms with Crippen LogP contribution >= 0.6 is 11.6 Å². The van der Waals surface area contributed by atoms with Crippen LogP contribution in [0.1, 0.15) is 18.1 Å². The summed E-state index contributed by atoms with van der Waals surface area (Å²) in [6, 6.07) is 13.1. The van der Waals surface area contributed by atoms with Crippen LogP contribution in [0.2, 0.25) is 5.02 Å². The molecular formula is C19H21ClN2O3. The van der Waals surface area contributed by atoms with Gasteiger partial charge in [-0.1, -0.05) is 35.9 Å². The van der Waals surface area contributed by atoms with E-state index in [1.54, 1.807) is 0 Å². The minimum absolute atomic E-state index is 0.0350. The molecule has 0 bridgehead atoms. The Bertz CT molecular complexity index is 766. The lowest BCUT2D eigenvalue weighted by Gasteiger charge is -2.24. The molecule has 1 aliphatic rings. The van der Waals surface area contributed by atoms with Gasteiger partial charge in [0.15, 0.2) is 11.5 Å². The molecule has 2 aromatic rings. The third-order valence-corrected chi connectivity index (χ3v) is 4.69. The SMILES string of the molecule is C[C@@H](C(=O)NCc1ccc2c(c1)OCO2)N(C)Cc1ccccc1Cl. The third kappa shape index (κ3) is 4.24. The van der Waals surface area contributed by atoms with Crippen molar-refractivity contribution in [1.82, 2.24) is 10.2 Å². The van der Waals surface area contributed by atoms with Crippen molar-refractivity contribution in [3.63, 3.8) is 0 Å². The van der Waals surface area contributed by atoms with Gasteiger partial charge in [-0.2, -0.15) is 0 Å². The zero-order valence-electron chi connectivity index (χ0n) is 14.3. The Morgan fingerprint density at radius 1 is 1.24 bits per heavy atom. The number of nitrogens with one attached hydrogen (secondary N) is 1. The van der Waals surface area contributed by atoms with E-state index in [0.29, 0.717) is 18.1 Å². The molecule has 2 aromatic carbocycles. The number of rotatable bonds is 6. The Balaban J connectivity index is 1.54. The van der Waals surface area contributed by atoms with Crippen molar-refractivity contribution in [2.75, 3.05) is 13.8 Å². The van der Waals surface area contributed by atoms with Crippen LogP contribution in [0.4, 0.5) is 0 Å². The maximum atomic E-state index is 12.4. The fourth-order valence-electron chi connectivity index (χ4n) is 2.62. The van der Waals surface area contributed by atoms with Crippen LogP contribution < -0.4 is 14.8 Å². The second-order valence-electron chi connectivity index (χ2n) is 6.09. The summed E-state index contributed by atoms with van der Waals surface area (Å²) in [5.41, 5.74) is 1.97. The molecule has 25 heavy (non-hydrogen) atoms. The number of likely N-dealkylation sites (N-methyl/N-ethyl adjacent to an activating group) is 1. The summed E-state index contributed by atoms with van der Waals surface area (Å²) in [6.45, 7) is 3.18. The Kier molecular flexibility index (Phi) is 5.46. The summed E-state index contributed by atoms with van der Waals surface area (Å²) in [5.74, 6) is 1.42. The first-order valence-corrected chi connectivity index (χ1v) is 8.52. The number of hydrogen-bond acceptors (Lipinski definition) is 4. The fourth-order valence-corrected chi connectivity index (χ4v) is 2.82. The van der Waals surface area contributed by atoms with Crippen LogP contribution in [0.25, 0.3) is 0 Å². The van der Waals surface area contributed by atoms with Gasteiger partial charge in [0.05, 0.1) is 6.04 Å². The molecule has 1 amide bonds. The van der Waals surface area contributed by atoms with E-state index in [1.165, 1.54) is 0 Å². The number of fused-ring (bicyclic) bond motifs is 1. The molecule has 1 N–H and O–H groups in total. The zero-order valence-corrected chi connectivity index (χ0v) is 15.0. The molecule has 1 aliphatic heterocycles. The van der Waals surface area contributed by atoms with Gasteiger partial charge < -0.3 is 14.8 Å². The number of ether oxygens (including phenoxy) is 2. The second-order valence-corrected chi connectivity index (χ2v) is 6.50. The Labute approximate surface area is 152 Å². The van der Waals surface area contributed by atoms with Crippen LogP contribution in [0.15, 0.2) is 42.5 Å². The van der Waals surface area contributed by atoms with Crippen molar-refractivity contribution in [3.05, 3.63) is 58.6 Å². The van der Waals surface area contributed by atoms with Gasteiger partial charge in [0, 0.05) is 18.1 Å². The van der Waals surface area contributed by atoms with Crippen molar-refractivity contribution in [2.45, 2.75) is 26.1 Å². The number of benzene rings is 2. The summed E-state index contributed by atoms with van der Waals surface area (Å²) in [4.78, 5) is 14.4. The second kappa shape index (κ2) is 7.76. The predicted molar refractivity (Wildman–Crippen MR) is 96.8 cm³/mol. The van der Waals surface area contributed by atoms with E-state index >= 15 is 0 Å².